The molecule has 1 amide bonds. The zero-order valence-corrected chi connectivity index (χ0v) is 19.1. The van der Waals surface area contributed by atoms with E-state index in [9.17, 15) is 4.79 Å². The van der Waals surface area contributed by atoms with Crippen LogP contribution in [0.4, 0.5) is 0 Å². The summed E-state index contributed by atoms with van der Waals surface area (Å²) in [5.41, 5.74) is 1.29. The van der Waals surface area contributed by atoms with E-state index in [4.69, 9.17) is 0 Å². The highest BCUT2D eigenvalue weighted by atomic mass is 127. The van der Waals surface area contributed by atoms with E-state index in [1.807, 2.05) is 18.8 Å². The van der Waals surface area contributed by atoms with Gasteiger partial charge in [0.05, 0.1) is 0 Å². The number of likely N-dealkylation sites (tertiary alicyclic amines) is 1. The minimum atomic E-state index is 0. The lowest BCUT2D eigenvalue weighted by molar-refractivity contribution is -0.121. The molecule has 2 N–H and O–H groups in total. The smallest absolute Gasteiger partial charge is 0.220 e. The number of guanidine groups is 1. The summed E-state index contributed by atoms with van der Waals surface area (Å²) in [7, 11) is 3.55. The van der Waals surface area contributed by atoms with Gasteiger partial charge in [0.15, 0.2) is 5.96 Å². The van der Waals surface area contributed by atoms with Crippen LogP contribution in [0.1, 0.15) is 24.8 Å². The average Bonchev–Trinajstić information content (AvgIpc) is 2.64. The van der Waals surface area contributed by atoms with Crippen LogP contribution in [0.15, 0.2) is 34.2 Å². The fraction of sp³-hybridized carbons (Fsp3) is 0.579. The van der Waals surface area contributed by atoms with Gasteiger partial charge in [0, 0.05) is 50.8 Å². The molecule has 0 aliphatic carbocycles. The topological polar surface area (TPSA) is 56.7 Å². The molecule has 146 valence electrons. The number of thioether (sulfide) groups is 1. The van der Waals surface area contributed by atoms with Crippen LogP contribution in [0, 0.1) is 12.8 Å². The number of piperidine rings is 1. The summed E-state index contributed by atoms with van der Waals surface area (Å²) in [4.78, 5) is 19.5. The van der Waals surface area contributed by atoms with Gasteiger partial charge in [-0.3, -0.25) is 9.79 Å². The molecule has 0 bridgehead atoms. The van der Waals surface area contributed by atoms with Gasteiger partial charge in [-0.05, 0) is 37.8 Å². The van der Waals surface area contributed by atoms with E-state index < -0.39 is 0 Å². The summed E-state index contributed by atoms with van der Waals surface area (Å²) >= 11 is 1.86. The number of amides is 1. The summed E-state index contributed by atoms with van der Waals surface area (Å²) < 4.78 is 0. The minimum Gasteiger partial charge on any atom is -0.359 e. The molecule has 26 heavy (non-hydrogen) atoms. The highest BCUT2D eigenvalue weighted by molar-refractivity contribution is 14.0. The number of halogens is 1. The largest absolute Gasteiger partial charge is 0.359 e. The first-order valence-electron chi connectivity index (χ1n) is 8.98. The molecule has 1 aliphatic heterocycles. The fourth-order valence-corrected chi connectivity index (χ4v) is 3.78. The van der Waals surface area contributed by atoms with Gasteiger partial charge < -0.3 is 15.5 Å². The highest BCUT2D eigenvalue weighted by Crippen LogP contribution is 2.21. The molecule has 0 saturated carbocycles. The lowest BCUT2D eigenvalue weighted by atomic mass is 9.93. The number of hydrogen-bond donors (Lipinski definition) is 2. The molecule has 1 saturated heterocycles. The molecule has 0 spiro atoms. The summed E-state index contributed by atoms with van der Waals surface area (Å²) in [6.07, 6.45) is 2.74. The number of nitrogens with one attached hydrogen (secondary N) is 2. The van der Waals surface area contributed by atoms with Gasteiger partial charge in [-0.2, -0.15) is 0 Å². The molecular weight excluding hydrogens is 459 g/mol. The third-order valence-electron chi connectivity index (χ3n) is 4.55. The number of hydrogen-bond acceptors (Lipinski definition) is 3. The first kappa shape index (κ1) is 23.1. The van der Waals surface area contributed by atoms with Crippen molar-refractivity contribution in [3.8, 4) is 0 Å². The number of nitrogens with zero attached hydrogens (tertiary/aromatic N) is 2. The Bertz CT molecular complexity index is 571. The van der Waals surface area contributed by atoms with Crippen LogP contribution in [-0.4, -0.2) is 56.2 Å². The summed E-state index contributed by atoms with van der Waals surface area (Å²) in [6, 6.07) is 8.65. The molecule has 1 aromatic carbocycles. The Hall–Kier alpha value is -0.960. The van der Waals surface area contributed by atoms with Crippen LogP contribution in [0.25, 0.3) is 0 Å². The zero-order chi connectivity index (χ0) is 18.1. The number of aryl methyl sites for hydroxylation is 1. The monoisotopic (exact) mass is 490 g/mol. The molecule has 7 heteroatoms. The molecule has 5 nitrogen and oxygen atoms in total. The van der Waals surface area contributed by atoms with E-state index in [2.05, 4.69) is 51.7 Å². The second kappa shape index (κ2) is 12.4. The molecule has 2 rings (SSSR count). The van der Waals surface area contributed by atoms with Gasteiger partial charge in [0.2, 0.25) is 5.91 Å². The molecule has 0 atom stereocenters. The lowest BCUT2D eigenvalue weighted by Crippen LogP contribution is -2.46. The second-order valence-corrected chi connectivity index (χ2v) is 7.61. The Labute approximate surface area is 178 Å². The SMILES string of the molecule is CN=C(NCCSc1ccc(C)cc1)N1CCC(CC(=O)NC)CC1.I. The molecule has 0 unspecified atom stereocenters. The Morgan fingerprint density at radius 3 is 2.50 bits per heavy atom. The first-order chi connectivity index (χ1) is 12.1. The van der Waals surface area contributed by atoms with Gasteiger partial charge in [-0.25, -0.2) is 0 Å². The second-order valence-electron chi connectivity index (χ2n) is 6.44. The molecule has 0 aromatic heterocycles. The van der Waals surface area contributed by atoms with Crippen molar-refractivity contribution in [1.29, 1.82) is 0 Å². The van der Waals surface area contributed by atoms with E-state index >= 15 is 0 Å². The Kier molecular flexibility index (Phi) is 11.0. The summed E-state index contributed by atoms with van der Waals surface area (Å²) in [5, 5.41) is 6.18. The van der Waals surface area contributed by atoms with Crippen molar-refractivity contribution in [2.75, 3.05) is 39.5 Å². The fourth-order valence-electron chi connectivity index (χ4n) is 3.01. The van der Waals surface area contributed by atoms with Crippen LogP contribution < -0.4 is 10.6 Å². The van der Waals surface area contributed by atoms with E-state index in [1.165, 1.54) is 10.5 Å². The van der Waals surface area contributed by atoms with Crippen molar-refractivity contribution in [3.05, 3.63) is 29.8 Å². The Morgan fingerprint density at radius 1 is 1.27 bits per heavy atom. The minimum absolute atomic E-state index is 0. The van der Waals surface area contributed by atoms with Gasteiger partial charge in [-0.15, -0.1) is 35.7 Å². The summed E-state index contributed by atoms with van der Waals surface area (Å²) in [5.74, 6) is 2.62. The lowest BCUT2D eigenvalue weighted by Gasteiger charge is -2.34. The van der Waals surface area contributed by atoms with Crippen LogP contribution in [0.5, 0.6) is 0 Å². The number of aliphatic imine (C=N–C) groups is 1. The standard InChI is InChI=1S/C19H30N4OS.HI/c1-15-4-6-17(7-5-15)25-13-10-22-19(21-3)23-11-8-16(9-12-23)14-18(24)20-2;/h4-7,16H,8-14H2,1-3H3,(H,20,24)(H,21,22);1H. The van der Waals surface area contributed by atoms with Crippen LogP contribution >= 0.6 is 35.7 Å². The van der Waals surface area contributed by atoms with Crippen molar-refractivity contribution in [2.24, 2.45) is 10.9 Å². The molecular formula is C19H31IN4OS. The predicted octanol–water partition coefficient (Wildman–Crippen LogP) is 3.13. The van der Waals surface area contributed by atoms with Gasteiger partial charge in [0.25, 0.3) is 0 Å². The number of carbonyl (C=O) groups excluding carboxylic acids is 1. The van der Waals surface area contributed by atoms with Gasteiger partial charge >= 0.3 is 0 Å². The van der Waals surface area contributed by atoms with Crippen molar-refractivity contribution in [3.63, 3.8) is 0 Å². The zero-order valence-electron chi connectivity index (χ0n) is 16.0. The van der Waals surface area contributed by atoms with Gasteiger partial charge in [0.1, 0.15) is 0 Å². The number of benzene rings is 1. The van der Waals surface area contributed by atoms with Crippen LogP contribution in [0.2, 0.25) is 0 Å². The Balaban J connectivity index is 0.00000338. The van der Waals surface area contributed by atoms with Crippen molar-refractivity contribution in [1.82, 2.24) is 15.5 Å². The van der Waals surface area contributed by atoms with E-state index in [-0.39, 0.29) is 29.9 Å². The normalized spacial score (nSPS) is 15.3. The first-order valence-corrected chi connectivity index (χ1v) is 9.96. The maximum atomic E-state index is 11.5. The van der Waals surface area contributed by atoms with E-state index in [0.29, 0.717) is 12.3 Å². The van der Waals surface area contributed by atoms with Crippen molar-refractivity contribution >= 4 is 47.6 Å². The highest BCUT2D eigenvalue weighted by Gasteiger charge is 2.22. The van der Waals surface area contributed by atoms with Crippen LogP contribution in [-0.2, 0) is 4.79 Å². The van der Waals surface area contributed by atoms with Crippen molar-refractivity contribution < 1.29 is 4.79 Å². The molecule has 1 heterocycles. The molecule has 1 aromatic rings. The molecule has 1 aliphatic rings. The van der Waals surface area contributed by atoms with E-state index in [1.54, 1.807) is 7.05 Å². The van der Waals surface area contributed by atoms with Crippen LogP contribution in [0.3, 0.4) is 0 Å². The number of carbonyl (C=O) groups is 1. The van der Waals surface area contributed by atoms with E-state index in [0.717, 1.165) is 44.2 Å². The summed E-state index contributed by atoms with van der Waals surface area (Å²) in [6.45, 7) is 4.93. The van der Waals surface area contributed by atoms with Gasteiger partial charge in [-0.1, -0.05) is 17.7 Å². The third-order valence-corrected chi connectivity index (χ3v) is 5.57. The predicted molar refractivity (Wildman–Crippen MR) is 122 cm³/mol. The quantitative estimate of drug-likeness (QED) is 0.212. The maximum absolute atomic E-state index is 11.5. The Morgan fingerprint density at radius 2 is 1.92 bits per heavy atom. The third kappa shape index (κ3) is 7.73. The average molecular weight is 490 g/mol. The number of rotatable bonds is 6. The molecule has 0 radical (unpaired) electrons. The van der Waals surface area contributed by atoms with Crippen molar-refractivity contribution in [2.45, 2.75) is 31.1 Å². The molecule has 1 fully saturated rings. The maximum Gasteiger partial charge on any atom is 0.220 e.